The molecule has 49 heavy (non-hydrogen) atoms. The minimum atomic E-state index is -1.03. The van der Waals surface area contributed by atoms with E-state index in [1.54, 1.807) is 57.2 Å². The van der Waals surface area contributed by atoms with Crippen molar-refractivity contribution >= 4 is 23.8 Å². The Hall–Kier alpha value is -5.60. The van der Waals surface area contributed by atoms with Crippen molar-refractivity contribution in [2.45, 2.75) is 84.2 Å². The lowest BCUT2D eigenvalue weighted by Gasteiger charge is -2.42. The van der Waals surface area contributed by atoms with Crippen molar-refractivity contribution in [3.05, 3.63) is 86.2 Å². The van der Waals surface area contributed by atoms with Gasteiger partial charge in [0.25, 0.3) is 0 Å². The third-order valence-corrected chi connectivity index (χ3v) is 8.09. The fourth-order valence-electron chi connectivity index (χ4n) is 5.91. The predicted octanol–water partition coefficient (Wildman–Crippen LogP) is 2.56. The normalized spacial score (nSPS) is 16.4. The number of Topliss-reactive ketones (excluding diaryl/α,β-unsaturated/α-hetero) is 1. The van der Waals surface area contributed by atoms with Gasteiger partial charge in [-0.15, -0.1) is 0 Å². The summed E-state index contributed by atoms with van der Waals surface area (Å²) in [6.07, 6.45) is 1.55. The van der Waals surface area contributed by atoms with Crippen LogP contribution >= 0.6 is 0 Å². The van der Waals surface area contributed by atoms with Gasteiger partial charge in [0.05, 0.1) is 12.2 Å². The molecule has 0 fully saturated rings. The highest BCUT2D eigenvalue weighted by Crippen LogP contribution is 2.47. The summed E-state index contributed by atoms with van der Waals surface area (Å²) < 4.78 is 21.2. The number of nitrogens with one attached hydrogen (secondary N) is 1. The van der Waals surface area contributed by atoms with E-state index < -0.39 is 46.7 Å². The molecule has 3 aromatic rings. The monoisotopic (exact) mass is 675 g/mol. The number of aliphatic imine (C=N–C) groups is 1. The summed E-state index contributed by atoms with van der Waals surface area (Å²) in [7, 11) is 0. The molecule has 0 saturated carbocycles. The molecule has 0 aliphatic carbocycles. The van der Waals surface area contributed by atoms with E-state index in [1.165, 1.54) is 22.4 Å². The average molecular weight is 676 g/mol. The molecular weight excluding hydrogens is 634 g/mol. The van der Waals surface area contributed by atoms with E-state index in [1.807, 2.05) is 19.9 Å². The molecule has 0 radical (unpaired) electrons. The van der Waals surface area contributed by atoms with Crippen molar-refractivity contribution in [2.24, 2.45) is 16.5 Å². The summed E-state index contributed by atoms with van der Waals surface area (Å²) >= 11 is 0. The van der Waals surface area contributed by atoms with Gasteiger partial charge in [-0.3, -0.25) is 9.79 Å². The maximum atomic E-state index is 13.9. The molecule has 260 valence electrons. The predicted molar refractivity (Wildman–Crippen MR) is 180 cm³/mol. The number of hydrogen-bond acceptors (Lipinski definition) is 9. The Kier molecular flexibility index (Phi) is 9.30. The van der Waals surface area contributed by atoms with Gasteiger partial charge in [0.15, 0.2) is 11.7 Å². The number of benzene rings is 2. The Bertz CT molecular complexity index is 1970. The molecule has 3 heterocycles. The van der Waals surface area contributed by atoms with Crippen LogP contribution in [0, 0.1) is 0 Å². The fourth-order valence-corrected chi connectivity index (χ4v) is 5.91. The zero-order chi connectivity index (χ0) is 35.8. The first-order valence-corrected chi connectivity index (χ1v) is 15.8. The van der Waals surface area contributed by atoms with Crippen LogP contribution in [0.5, 0.6) is 11.5 Å². The van der Waals surface area contributed by atoms with Crippen LogP contribution in [0.3, 0.4) is 0 Å². The second kappa shape index (κ2) is 13.1. The number of fused-ring (bicyclic) bond motifs is 5. The smallest absolute Gasteiger partial charge is 0.413 e. The van der Waals surface area contributed by atoms with Gasteiger partial charge in [-0.1, -0.05) is 6.08 Å². The van der Waals surface area contributed by atoms with Crippen molar-refractivity contribution in [3.8, 4) is 17.2 Å². The molecule has 2 aliphatic heterocycles. The van der Waals surface area contributed by atoms with Crippen molar-refractivity contribution in [2.75, 3.05) is 6.54 Å². The highest BCUT2D eigenvalue weighted by Gasteiger charge is 2.44. The molecule has 2 aromatic carbocycles. The standard InChI is InChI=1S/C34H41N7O8/c1-19(42)20-9-11-21(12-10-20)40-31(45)39-17-15-24-27(41(39)32(40)46)23-14-13-22(18-26(23)48-34(24,5)6)47-30(44)38-25(8-7-16-37-29(35)36)28(43)49-33(2,3)4/h9-15,18,25,27H,7-8,16-17H2,1-6H3,(H,38,44)(H4,35,36,37)/t25-,27?/m0/s1. The SMILES string of the molecule is CC(=O)c1ccc(-n2c(=O)n3n(c2=O)C2C(=CC3)C(C)(C)Oc3cc(OC(=O)N[C@@H](CCCN=C(N)N)C(=O)OC(C)(C)C)ccc32)cc1. The number of aromatic nitrogens is 3. The summed E-state index contributed by atoms with van der Waals surface area (Å²) in [5.41, 5.74) is 10.1. The van der Waals surface area contributed by atoms with Crippen LogP contribution in [0.15, 0.2) is 68.7 Å². The third-order valence-electron chi connectivity index (χ3n) is 8.09. The molecular formula is C34H41N7O8. The van der Waals surface area contributed by atoms with Crippen molar-refractivity contribution in [3.63, 3.8) is 0 Å². The highest BCUT2D eigenvalue weighted by atomic mass is 16.6. The van der Waals surface area contributed by atoms with Crippen LogP contribution in [0.4, 0.5) is 4.79 Å². The number of nitrogens with zero attached hydrogens (tertiary/aromatic N) is 4. The molecule has 5 rings (SSSR count). The second-order valence-electron chi connectivity index (χ2n) is 13.4. The molecule has 1 unspecified atom stereocenters. The summed E-state index contributed by atoms with van der Waals surface area (Å²) in [6.45, 7) is 10.7. The lowest BCUT2D eigenvalue weighted by molar-refractivity contribution is -0.157. The van der Waals surface area contributed by atoms with Gasteiger partial charge < -0.3 is 31.0 Å². The molecule has 2 aliphatic rings. The minimum Gasteiger partial charge on any atom is -0.483 e. The van der Waals surface area contributed by atoms with Gasteiger partial charge in [0, 0.05) is 23.7 Å². The molecule has 15 nitrogen and oxygen atoms in total. The van der Waals surface area contributed by atoms with E-state index in [0.717, 1.165) is 10.1 Å². The molecule has 2 atom stereocenters. The molecule has 0 saturated heterocycles. The number of nitrogens with two attached hydrogens (primary N) is 2. The first-order chi connectivity index (χ1) is 23.0. The van der Waals surface area contributed by atoms with Gasteiger partial charge >= 0.3 is 23.4 Å². The second-order valence-corrected chi connectivity index (χ2v) is 13.4. The van der Waals surface area contributed by atoms with E-state index in [9.17, 15) is 24.0 Å². The van der Waals surface area contributed by atoms with E-state index >= 15 is 0 Å². The number of guanidine groups is 1. The van der Waals surface area contributed by atoms with Crippen molar-refractivity contribution in [1.29, 1.82) is 0 Å². The fraction of sp³-hybridized carbons (Fsp3) is 0.412. The summed E-state index contributed by atoms with van der Waals surface area (Å²) in [5, 5.41) is 2.57. The Morgan fingerprint density at radius 2 is 1.78 bits per heavy atom. The van der Waals surface area contributed by atoms with Crippen LogP contribution in [-0.2, 0) is 16.1 Å². The Labute approximate surface area is 282 Å². The Balaban J connectivity index is 1.43. The first kappa shape index (κ1) is 34.7. The number of ether oxygens (including phenoxy) is 3. The maximum absolute atomic E-state index is 13.9. The van der Waals surface area contributed by atoms with Gasteiger partial charge in [0.1, 0.15) is 34.8 Å². The van der Waals surface area contributed by atoms with Gasteiger partial charge in [0.2, 0.25) is 0 Å². The quantitative estimate of drug-likeness (QED) is 0.0755. The Morgan fingerprint density at radius 3 is 2.41 bits per heavy atom. The number of carbonyl (C=O) groups is 3. The highest BCUT2D eigenvalue weighted by molar-refractivity contribution is 5.94. The lowest BCUT2D eigenvalue weighted by atomic mass is 9.83. The van der Waals surface area contributed by atoms with Crippen molar-refractivity contribution in [1.82, 2.24) is 19.2 Å². The van der Waals surface area contributed by atoms with Crippen molar-refractivity contribution < 1.29 is 28.6 Å². The zero-order valence-corrected chi connectivity index (χ0v) is 28.3. The molecule has 1 amide bonds. The number of hydrogen-bond donors (Lipinski definition) is 3. The number of allylic oxidation sites excluding steroid dienone is 1. The number of amides is 1. The van der Waals surface area contributed by atoms with Gasteiger partial charge in [-0.2, -0.15) is 0 Å². The number of rotatable bonds is 9. The minimum absolute atomic E-state index is 0.0824. The summed E-state index contributed by atoms with van der Waals surface area (Å²) in [5.74, 6) is -0.401. The molecule has 15 heteroatoms. The number of carbonyl (C=O) groups excluding carboxylic acids is 3. The summed E-state index contributed by atoms with van der Waals surface area (Å²) in [4.78, 5) is 69.1. The Morgan fingerprint density at radius 1 is 1.08 bits per heavy atom. The summed E-state index contributed by atoms with van der Waals surface area (Å²) in [6, 6.07) is 9.26. The van der Waals surface area contributed by atoms with Crippen LogP contribution in [0.25, 0.3) is 5.69 Å². The largest absolute Gasteiger partial charge is 0.483 e. The van der Waals surface area contributed by atoms with Gasteiger partial charge in [-0.25, -0.2) is 33.1 Å². The third kappa shape index (κ3) is 7.29. The van der Waals surface area contributed by atoms with Crippen LogP contribution in [0.1, 0.15) is 76.3 Å². The zero-order valence-electron chi connectivity index (χ0n) is 28.3. The molecule has 1 aromatic heterocycles. The van der Waals surface area contributed by atoms with Crippen LogP contribution in [0.2, 0.25) is 0 Å². The maximum Gasteiger partial charge on any atom is 0.413 e. The first-order valence-electron chi connectivity index (χ1n) is 15.8. The van der Waals surface area contributed by atoms with E-state index in [2.05, 4.69) is 10.3 Å². The van der Waals surface area contributed by atoms with Gasteiger partial charge in [-0.05, 0) is 96.4 Å². The molecule has 5 N–H and O–H groups in total. The lowest BCUT2D eigenvalue weighted by Crippen LogP contribution is -2.46. The number of ketones is 1. The van der Waals surface area contributed by atoms with Crippen LogP contribution in [-0.4, -0.2) is 61.5 Å². The van der Waals surface area contributed by atoms with Crippen LogP contribution < -0.4 is 37.6 Å². The molecule has 0 bridgehead atoms. The van der Waals surface area contributed by atoms with E-state index in [4.69, 9.17) is 25.7 Å². The van der Waals surface area contributed by atoms with E-state index in [-0.39, 0.29) is 37.0 Å². The molecule has 0 spiro atoms. The van der Waals surface area contributed by atoms with E-state index in [0.29, 0.717) is 29.0 Å². The topological polar surface area (TPSA) is 204 Å². The average Bonchev–Trinajstić information content (AvgIpc) is 3.26. The number of esters is 1.